The van der Waals surface area contributed by atoms with Crippen LogP contribution < -0.4 is 0 Å². The molecule has 1 aromatic carbocycles. The van der Waals surface area contributed by atoms with Gasteiger partial charge < -0.3 is 4.74 Å². The third-order valence-corrected chi connectivity index (χ3v) is 2.12. The molecule has 0 aliphatic heterocycles. The number of aldehydes is 1. The molecule has 0 N–H and O–H groups in total. The fourth-order valence-electron chi connectivity index (χ4n) is 1.31. The zero-order chi connectivity index (χ0) is 14.3. The van der Waals surface area contributed by atoms with Gasteiger partial charge in [0.2, 0.25) is 0 Å². The van der Waals surface area contributed by atoms with E-state index in [1.807, 2.05) is 0 Å². The van der Waals surface area contributed by atoms with E-state index in [2.05, 4.69) is 16.6 Å². The minimum Gasteiger partial charge on any atom is -0.465 e. The minimum absolute atomic E-state index is 0.0130. The Morgan fingerprint density at radius 1 is 1.53 bits per heavy atom. The maximum absolute atomic E-state index is 11.0. The Hall–Kier alpha value is -2.68. The summed E-state index contributed by atoms with van der Waals surface area (Å²) in [5.41, 5.74) is 0.0421. The molecule has 0 bridgehead atoms. The zero-order valence-corrected chi connectivity index (χ0v) is 10.2. The summed E-state index contributed by atoms with van der Waals surface area (Å²) in [4.78, 5) is 31.7. The topological polar surface area (TPSA) is 86.5 Å². The molecule has 1 aromatic rings. The molecule has 0 saturated heterocycles. The van der Waals surface area contributed by atoms with E-state index in [1.165, 1.54) is 18.2 Å². The summed E-state index contributed by atoms with van der Waals surface area (Å²) in [5.74, 6) is 4.71. The van der Waals surface area contributed by atoms with Gasteiger partial charge in [-0.3, -0.25) is 19.7 Å². The fourth-order valence-corrected chi connectivity index (χ4v) is 1.31. The van der Waals surface area contributed by atoms with Gasteiger partial charge in [0, 0.05) is 11.6 Å². The normalized spacial score (nSPS) is 9.11. The van der Waals surface area contributed by atoms with Crippen molar-refractivity contribution in [2.75, 3.05) is 6.61 Å². The molecule has 0 unspecified atom stereocenters. The Bertz CT molecular complexity index is 568. The van der Waals surface area contributed by atoms with E-state index in [4.69, 9.17) is 0 Å². The lowest BCUT2D eigenvalue weighted by Gasteiger charge is -1.97. The predicted octanol–water partition coefficient (Wildman–Crippen LogP) is 1.71. The average Bonchev–Trinajstić information content (AvgIpc) is 2.38. The number of ether oxygens (including phenoxy) is 1. The predicted molar refractivity (Wildman–Crippen MR) is 66.6 cm³/mol. The molecule has 0 spiro atoms. The van der Waals surface area contributed by atoms with Crippen LogP contribution in [0.2, 0.25) is 0 Å². The summed E-state index contributed by atoms with van der Waals surface area (Å²) >= 11 is 0. The van der Waals surface area contributed by atoms with Crippen molar-refractivity contribution in [3.63, 3.8) is 0 Å². The van der Waals surface area contributed by atoms with E-state index in [0.717, 1.165) is 0 Å². The fraction of sp³-hybridized carbons (Fsp3) is 0.231. The van der Waals surface area contributed by atoms with Gasteiger partial charge in [0.1, 0.15) is 6.42 Å². The quantitative estimate of drug-likeness (QED) is 0.271. The van der Waals surface area contributed by atoms with Crippen LogP contribution in [-0.4, -0.2) is 23.8 Å². The van der Waals surface area contributed by atoms with E-state index in [0.29, 0.717) is 11.8 Å². The molecular weight excluding hydrogens is 250 g/mol. The molecule has 98 valence electrons. The monoisotopic (exact) mass is 261 g/mol. The van der Waals surface area contributed by atoms with Crippen molar-refractivity contribution in [2.45, 2.75) is 13.3 Å². The van der Waals surface area contributed by atoms with Crippen molar-refractivity contribution < 1.29 is 19.2 Å². The van der Waals surface area contributed by atoms with Crippen LogP contribution in [0.1, 0.15) is 29.3 Å². The maximum atomic E-state index is 11.0. The number of hydrogen-bond donors (Lipinski definition) is 0. The van der Waals surface area contributed by atoms with Crippen molar-refractivity contribution in [1.29, 1.82) is 0 Å². The summed E-state index contributed by atoms with van der Waals surface area (Å²) in [5, 5.41) is 10.7. The number of rotatable bonds is 4. The molecule has 1 rings (SSSR count). The van der Waals surface area contributed by atoms with Crippen molar-refractivity contribution in [3.8, 4) is 11.8 Å². The van der Waals surface area contributed by atoms with Gasteiger partial charge in [-0.2, -0.15) is 0 Å². The Labute approximate surface area is 109 Å². The molecule has 0 aromatic heterocycles. The summed E-state index contributed by atoms with van der Waals surface area (Å²) in [6.07, 6.45) is 0.324. The SMILES string of the molecule is CCOC(=O)CC#Cc1ccc(C=O)c([N+](=O)[O-])c1. The number of nitrogens with zero attached hydrogens (tertiary/aromatic N) is 1. The Balaban J connectivity index is 2.89. The second-order valence-electron chi connectivity index (χ2n) is 3.43. The van der Waals surface area contributed by atoms with E-state index < -0.39 is 10.9 Å². The number of hydrogen-bond acceptors (Lipinski definition) is 5. The highest BCUT2D eigenvalue weighted by molar-refractivity contribution is 5.82. The van der Waals surface area contributed by atoms with Crippen molar-refractivity contribution >= 4 is 17.9 Å². The first kappa shape index (κ1) is 14.4. The van der Waals surface area contributed by atoms with Gasteiger partial charge in [-0.25, -0.2) is 0 Å². The van der Waals surface area contributed by atoms with Crippen LogP contribution >= 0.6 is 0 Å². The smallest absolute Gasteiger partial charge is 0.317 e. The van der Waals surface area contributed by atoms with E-state index in [9.17, 15) is 19.7 Å². The first-order valence-electron chi connectivity index (χ1n) is 5.46. The van der Waals surface area contributed by atoms with Gasteiger partial charge in [-0.1, -0.05) is 11.8 Å². The lowest BCUT2D eigenvalue weighted by Crippen LogP contribution is -2.01. The first-order valence-corrected chi connectivity index (χ1v) is 5.46. The first-order chi connectivity index (χ1) is 9.08. The molecule has 6 heteroatoms. The highest BCUT2D eigenvalue weighted by Gasteiger charge is 2.12. The standard InChI is InChI=1S/C13H11NO5/c1-2-19-13(16)5-3-4-10-6-7-11(9-15)12(8-10)14(17)18/h6-9H,2,5H2,1H3. The van der Waals surface area contributed by atoms with Gasteiger partial charge in [0.25, 0.3) is 5.69 Å². The maximum Gasteiger partial charge on any atom is 0.317 e. The van der Waals surface area contributed by atoms with Crippen LogP contribution in [0.4, 0.5) is 5.69 Å². The molecule has 0 fully saturated rings. The zero-order valence-electron chi connectivity index (χ0n) is 10.2. The van der Waals surface area contributed by atoms with Crippen molar-refractivity contribution in [3.05, 3.63) is 39.4 Å². The minimum atomic E-state index is -0.653. The number of benzene rings is 1. The second kappa shape index (κ2) is 6.91. The van der Waals surface area contributed by atoms with E-state index in [-0.39, 0.29) is 24.3 Å². The van der Waals surface area contributed by atoms with Gasteiger partial charge in [-0.05, 0) is 19.1 Å². The number of nitro benzene ring substituents is 1. The molecule has 0 heterocycles. The number of carbonyl (C=O) groups excluding carboxylic acids is 2. The van der Waals surface area contributed by atoms with E-state index >= 15 is 0 Å². The van der Waals surface area contributed by atoms with Crippen LogP contribution in [0.5, 0.6) is 0 Å². The Morgan fingerprint density at radius 2 is 2.26 bits per heavy atom. The van der Waals surface area contributed by atoms with Crippen molar-refractivity contribution in [1.82, 2.24) is 0 Å². The largest absolute Gasteiger partial charge is 0.465 e. The van der Waals surface area contributed by atoms with Crippen molar-refractivity contribution in [2.24, 2.45) is 0 Å². The van der Waals surface area contributed by atoms with Crippen LogP contribution in [0.25, 0.3) is 0 Å². The summed E-state index contributed by atoms with van der Waals surface area (Å²) in [6.45, 7) is 1.97. The molecule has 0 aliphatic carbocycles. The van der Waals surface area contributed by atoms with Crippen LogP contribution in [0.15, 0.2) is 18.2 Å². The number of nitro groups is 1. The Kier molecular flexibility index (Phi) is 5.23. The third kappa shape index (κ3) is 4.24. The number of esters is 1. The lowest BCUT2D eigenvalue weighted by atomic mass is 10.1. The van der Waals surface area contributed by atoms with Gasteiger partial charge in [0.15, 0.2) is 6.29 Å². The molecule has 0 aliphatic rings. The second-order valence-corrected chi connectivity index (χ2v) is 3.43. The van der Waals surface area contributed by atoms with Crippen LogP contribution in [0, 0.1) is 22.0 Å². The highest BCUT2D eigenvalue weighted by Crippen LogP contribution is 2.18. The molecule has 0 amide bonds. The molecule has 6 nitrogen and oxygen atoms in total. The van der Waals surface area contributed by atoms with Crippen LogP contribution in [-0.2, 0) is 9.53 Å². The van der Waals surface area contributed by atoms with Gasteiger partial charge in [-0.15, -0.1) is 0 Å². The third-order valence-electron chi connectivity index (χ3n) is 2.12. The van der Waals surface area contributed by atoms with Gasteiger partial charge >= 0.3 is 5.97 Å². The van der Waals surface area contributed by atoms with Crippen LogP contribution in [0.3, 0.4) is 0 Å². The summed E-state index contributed by atoms with van der Waals surface area (Å²) < 4.78 is 4.68. The summed E-state index contributed by atoms with van der Waals surface area (Å²) in [6, 6.07) is 4.00. The molecule has 0 radical (unpaired) electrons. The lowest BCUT2D eigenvalue weighted by molar-refractivity contribution is -0.385. The molecular formula is C13H11NO5. The molecule has 0 saturated carbocycles. The van der Waals surface area contributed by atoms with E-state index in [1.54, 1.807) is 6.92 Å². The number of carbonyl (C=O) groups is 2. The van der Waals surface area contributed by atoms with Gasteiger partial charge in [0.05, 0.1) is 17.1 Å². The highest BCUT2D eigenvalue weighted by atomic mass is 16.6. The Morgan fingerprint density at radius 3 is 2.84 bits per heavy atom. The average molecular weight is 261 g/mol. The molecule has 0 atom stereocenters. The summed E-state index contributed by atoms with van der Waals surface area (Å²) in [7, 11) is 0. The molecule has 19 heavy (non-hydrogen) atoms.